The van der Waals surface area contributed by atoms with Crippen LogP contribution in [0, 0.1) is 0 Å². The maximum absolute atomic E-state index is 12.1. The smallest absolute Gasteiger partial charge is 0.254 e. The lowest BCUT2D eigenvalue weighted by molar-refractivity contribution is 0.106. The highest BCUT2D eigenvalue weighted by molar-refractivity contribution is 8.14. The number of hydrogen-bond donors (Lipinski definition) is 0. The summed E-state index contributed by atoms with van der Waals surface area (Å²) >= 11 is 1.36. The zero-order valence-corrected chi connectivity index (χ0v) is 13.6. The monoisotopic (exact) mass is 305 g/mol. The Kier molecular flexibility index (Phi) is 6.33. The zero-order chi connectivity index (χ0) is 15.1. The van der Waals surface area contributed by atoms with Crippen molar-refractivity contribution < 1.29 is 9.21 Å². The summed E-state index contributed by atoms with van der Waals surface area (Å²) in [7, 11) is 0. The molecular weight excluding hydrogens is 282 g/mol. The van der Waals surface area contributed by atoms with Crippen molar-refractivity contribution in [1.29, 1.82) is 0 Å². The van der Waals surface area contributed by atoms with Gasteiger partial charge in [-0.25, -0.2) is 0 Å². The van der Waals surface area contributed by atoms with Gasteiger partial charge in [0, 0.05) is 11.1 Å². The second kappa shape index (κ2) is 8.25. The molecule has 2 rings (SSSR count). The fraction of sp³-hybridized carbons (Fsp3) is 0.471. The molecule has 0 aliphatic heterocycles. The second-order valence-electron chi connectivity index (χ2n) is 5.02. The van der Waals surface area contributed by atoms with E-state index in [9.17, 15) is 4.79 Å². The average molecular weight is 305 g/mol. The Hall–Kier alpha value is -1.26. The molecule has 114 valence electrons. The molecule has 0 atom stereocenters. The Morgan fingerprint density at radius 2 is 1.95 bits per heavy atom. The van der Waals surface area contributed by atoms with Crippen LogP contribution in [0.5, 0.6) is 0 Å². The molecule has 0 spiro atoms. The molecule has 0 saturated heterocycles. The highest BCUT2D eigenvalue weighted by Crippen LogP contribution is 2.22. The topological polar surface area (TPSA) is 33.5 Å². The van der Waals surface area contributed by atoms with Gasteiger partial charge in [0.15, 0.2) is 5.76 Å². The normalized spacial score (nSPS) is 11.4. The molecule has 0 amide bonds. The summed E-state index contributed by atoms with van der Waals surface area (Å²) in [6, 6.07) is 9.55. The van der Waals surface area contributed by atoms with E-state index in [0.29, 0.717) is 5.76 Å². The number of fused-ring (bicyclic) bond motifs is 1. The van der Waals surface area contributed by atoms with Gasteiger partial charge < -0.3 is 9.32 Å². The first-order valence-corrected chi connectivity index (χ1v) is 8.61. The Bertz CT molecular complexity index is 542. The second-order valence-corrected chi connectivity index (χ2v) is 6.09. The fourth-order valence-electron chi connectivity index (χ4n) is 2.30. The van der Waals surface area contributed by atoms with Gasteiger partial charge in [0.1, 0.15) is 5.58 Å². The Labute approximate surface area is 130 Å². The third-order valence-electron chi connectivity index (χ3n) is 3.62. The van der Waals surface area contributed by atoms with Gasteiger partial charge >= 0.3 is 0 Å². The summed E-state index contributed by atoms with van der Waals surface area (Å²) in [6.07, 6.45) is 2.20. The number of thioether (sulfide) groups is 1. The van der Waals surface area contributed by atoms with Crippen LogP contribution >= 0.6 is 11.8 Å². The molecule has 2 aromatic rings. The summed E-state index contributed by atoms with van der Waals surface area (Å²) in [4.78, 5) is 14.5. The van der Waals surface area contributed by atoms with E-state index in [1.54, 1.807) is 0 Å². The lowest BCUT2D eigenvalue weighted by Gasteiger charge is -2.17. The zero-order valence-electron chi connectivity index (χ0n) is 12.8. The van der Waals surface area contributed by atoms with E-state index >= 15 is 0 Å². The number of furan rings is 1. The number of benzene rings is 1. The van der Waals surface area contributed by atoms with Gasteiger partial charge in [0.25, 0.3) is 5.12 Å². The molecule has 1 aromatic carbocycles. The molecule has 0 unspecified atom stereocenters. The molecule has 1 aromatic heterocycles. The van der Waals surface area contributed by atoms with Crippen LogP contribution in [0.4, 0.5) is 0 Å². The first kappa shape index (κ1) is 16.1. The molecule has 0 radical (unpaired) electrons. The van der Waals surface area contributed by atoms with E-state index in [1.807, 2.05) is 30.3 Å². The van der Waals surface area contributed by atoms with Gasteiger partial charge in [-0.2, -0.15) is 0 Å². The number of rotatable bonds is 8. The molecule has 0 N–H and O–H groups in total. The number of unbranched alkanes of at least 4 members (excludes halogenated alkanes) is 1. The summed E-state index contributed by atoms with van der Waals surface area (Å²) in [5.74, 6) is 1.32. The first-order chi connectivity index (χ1) is 10.2. The predicted octanol–water partition coefficient (Wildman–Crippen LogP) is 4.43. The molecule has 0 aliphatic rings. The molecule has 1 heterocycles. The number of para-hydroxylation sites is 1. The van der Waals surface area contributed by atoms with Crippen LogP contribution < -0.4 is 0 Å². The van der Waals surface area contributed by atoms with Crippen molar-refractivity contribution in [2.24, 2.45) is 0 Å². The predicted molar refractivity (Wildman–Crippen MR) is 90.0 cm³/mol. The molecule has 0 saturated carbocycles. The van der Waals surface area contributed by atoms with Crippen LogP contribution in [0.2, 0.25) is 0 Å². The minimum atomic E-state index is 0.0361. The van der Waals surface area contributed by atoms with Crippen molar-refractivity contribution in [2.45, 2.75) is 26.7 Å². The lowest BCUT2D eigenvalue weighted by Crippen LogP contribution is -2.23. The summed E-state index contributed by atoms with van der Waals surface area (Å²) in [6.45, 7) is 7.68. The van der Waals surface area contributed by atoms with Gasteiger partial charge in [0.05, 0.1) is 0 Å². The number of carbonyl (C=O) groups is 1. The largest absolute Gasteiger partial charge is 0.452 e. The van der Waals surface area contributed by atoms with Gasteiger partial charge in [-0.05, 0) is 44.6 Å². The van der Waals surface area contributed by atoms with Crippen LogP contribution in [0.1, 0.15) is 37.2 Å². The summed E-state index contributed by atoms with van der Waals surface area (Å²) < 4.78 is 5.58. The average Bonchev–Trinajstić information content (AvgIpc) is 2.95. The van der Waals surface area contributed by atoms with E-state index < -0.39 is 0 Å². The van der Waals surface area contributed by atoms with Crippen LogP contribution in [-0.2, 0) is 0 Å². The highest BCUT2D eigenvalue weighted by atomic mass is 32.2. The number of hydrogen-bond acceptors (Lipinski definition) is 4. The van der Waals surface area contributed by atoms with Crippen molar-refractivity contribution in [2.75, 3.05) is 25.4 Å². The SMILES string of the molecule is CCN(CC)CCCCSC(=O)c1cc2ccccc2o1. The van der Waals surface area contributed by atoms with Gasteiger partial charge in [-0.1, -0.05) is 43.8 Å². The minimum absolute atomic E-state index is 0.0361. The quantitative estimate of drug-likeness (QED) is 0.676. The van der Waals surface area contributed by atoms with E-state index in [-0.39, 0.29) is 5.12 Å². The third-order valence-corrected chi connectivity index (χ3v) is 4.58. The summed E-state index contributed by atoms with van der Waals surface area (Å²) in [5.41, 5.74) is 0.781. The van der Waals surface area contributed by atoms with E-state index in [2.05, 4.69) is 18.7 Å². The van der Waals surface area contributed by atoms with Crippen molar-refractivity contribution in [3.8, 4) is 0 Å². The van der Waals surface area contributed by atoms with E-state index in [1.165, 1.54) is 11.8 Å². The first-order valence-electron chi connectivity index (χ1n) is 7.62. The van der Waals surface area contributed by atoms with Crippen LogP contribution in [0.25, 0.3) is 11.0 Å². The minimum Gasteiger partial charge on any atom is -0.452 e. The Morgan fingerprint density at radius 3 is 2.67 bits per heavy atom. The van der Waals surface area contributed by atoms with Crippen LogP contribution in [0.15, 0.2) is 34.7 Å². The van der Waals surface area contributed by atoms with Gasteiger partial charge in [-0.3, -0.25) is 4.79 Å². The Balaban J connectivity index is 1.74. The van der Waals surface area contributed by atoms with Crippen molar-refractivity contribution in [3.63, 3.8) is 0 Å². The van der Waals surface area contributed by atoms with E-state index in [4.69, 9.17) is 4.42 Å². The lowest BCUT2D eigenvalue weighted by atomic mass is 10.2. The van der Waals surface area contributed by atoms with Gasteiger partial charge in [0.2, 0.25) is 0 Å². The van der Waals surface area contributed by atoms with Crippen molar-refractivity contribution in [1.82, 2.24) is 4.90 Å². The molecular formula is C17H23NO2S. The number of carbonyl (C=O) groups excluding carboxylic acids is 1. The number of nitrogens with zero attached hydrogens (tertiary/aromatic N) is 1. The molecule has 4 heteroatoms. The Morgan fingerprint density at radius 1 is 1.19 bits per heavy atom. The van der Waals surface area contributed by atoms with Gasteiger partial charge in [-0.15, -0.1) is 0 Å². The van der Waals surface area contributed by atoms with E-state index in [0.717, 1.165) is 49.2 Å². The molecule has 3 nitrogen and oxygen atoms in total. The van der Waals surface area contributed by atoms with Crippen molar-refractivity contribution in [3.05, 3.63) is 36.1 Å². The highest BCUT2D eigenvalue weighted by Gasteiger charge is 2.12. The molecule has 0 fully saturated rings. The maximum atomic E-state index is 12.1. The molecule has 0 bridgehead atoms. The van der Waals surface area contributed by atoms with Crippen LogP contribution in [-0.4, -0.2) is 35.4 Å². The maximum Gasteiger partial charge on any atom is 0.254 e. The molecule has 0 aliphatic carbocycles. The third kappa shape index (κ3) is 4.61. The summed E-state index contributed by atoms with van der Waals surface area (Å²) in [5, 5.41) is 1.03. The molecule has 21 heavy (non-hydrogen) atoms. The standard InChI is InChI=1S/C17H23NO2S/c1-3-18(4-2)11-7-8-12-21-17(19)16-13-14-9-5-6-10-15(14)20-16/h5-6,9-10,13H,3-4,7-8,11-12H2,1-2H3. The fourth-order valence-corrected chi connectivity index (χ4v) is 3.07. The van der Waals surface area contributed by atoms with Crippen LogP contribution in [0.3, 0.4) is 0 Å². The van der Waals surface area contributed by atoms with Crippen molar-refractivity contribution >= 4 is 27.8 Å².